The lowest BCUT2D eigenvalue weighted by Gasteiger charge is -2.24. The van der Waals surface area contributed by atoms with Crippen LogP contribution >= 0.6 is 7.49 Å². The van der Waals surface area contributed by atoms with E-state index in [1.54, 1.807) is 12.1 Å². The average molecular weight is 379 g/mol. The summed E-state index contributed by atoms with van der Waals surface area (Å²) in [5.74, 6) is -0.275. The molecule has 0 aromatic heterocycles. The predicted octanol–water partition coefficient (Wildman–Crippen LogP) is 3.38. The van der Waals surface area contributed by atoms with Gasteiger partial charge in [-0.2, -0.15) is 0 Å². The van der Waals surface area contributed by atoms with E-state index in [9.17, 15) is 9.59 Å². The molecule has 0 N–H and O–H groups in total. The molecule has 136 valence electrons. The molecule has 0 aliphatic carbocycles. The highest BCUT2D eigenvalue weighted by Crippen LogP contribution is 2.56. The van der Waals surface area contributed by atoms with Gasteiger partial charge in [0.05, 0.1) is 0 Å². The van der Waals surface area contributed by atoms with E-state index in [0.29, 0.717) is 5.75 Å². The fraction of sp³-hybridized carbons (Fsp3) is 0.0909. The van der Waals surface area contributed by atoms with Crippen molar-refractivity contribution in [3.8, 4) is 5.75 Å². The molecule has 0 heterocycles. The van der Waals surface area contributed by atoms with Gasteiger partial charge in [-0.05, 0) is 48.5 Å². The molecule has 0 bridgehead atoms. The highest BCUT2D eigenvalue weighted by Gasteiger charge is 2.50. The first kappa shape index (κ1) is 18.8. The van der Waals surface area contributed by atoms with Crippen LogP contribution in [-0.2, 0) is 14.1 Å². The number of carbonyl (C=O) groups is 2. The lowest BCUT2D eigenvalue weighted by atomic mass is 10.3. The van der Waals surface area contributed by atoms with Crippen LogP contribution in [0.3, 0.4) is 0 Å². The number of hydrogen-bond donors (Lipinski definition) is 0. The van der Waals surface area contributed by atoms with Crippen LogP contribution < -0.4 is 20.7 Å². The number of carbonyl (C=O) groups excluding carboxylic acids is 2. The van der Waals surface area contributed by atoms with Crippen molar-refractivity contribution in [1.82, 2.24) is 0 Å². The topological polar surface area (TPSA) is 52.6 Å². The van der Waals surface area contributed by atoms with Crippen LogP contribution in [0.4, 0.5) is 0 Å². The highest BCUT2D eigenvalue weighted by molar-refractivity contribution is 7.92. The van der Waals surface area contributed by atoms with Crippen molar-refractivity contribution >= 4 is 35.3 Å². The summed E-state index contributed by atoms with van der Waals surface area (Å²) in [5, 5.41) is 2.74. The van der Waals surface area contributed by atoms with Gasteiger partial charge in [-0.25, -0.2) is 4.79 Å². The maximum absolute atomic E-state index is 12.1. The second kappa shape index (κ2) is 8.15. The second-order valence-electron chi connectivity index (χ2n) is 5.95. The van der Waals surface area contributed by atoms with Crippen molar-refractivity contribution in [2.45, 2.75) is 13.8 Å². The summed E-state index contributed by atoms with van der Waals surface area (Å²) in [4.78, 5) is 23.3. The van der Waals surface area contributed by atoms with Gasteiger partial charge in [-0.15, -0.1) is 0 Å². The van der Waals surface area contributed by atoms with E-state index in [4.69, 9.17) is 9.26 Å². The van der Waals surface area contributed by atoms with Gasteiger partial charge in [0.1, 0.15) is 21.7 Å². The lowest BCUT2D eigenvalue weighted by molar-refractivity contribution is -0.132. The first-order valence-electron chi connectivity index (χ1n) is 8.52. The minimum Gasteiger partial charge on any atom is -0.427 e. The maximum atomic E-state index is 12.1. The normalized spacial score (nSPS) is 10.9. The summed E-state index contributed by atoms with van der Waals surface area (Å²) in [5.41, 5.74) is 0. The number of benzene rings is 3. The van der Waals surface area contributed by atoms with Crippen molar-refractivity contribution in [2.75, 3.05) is 0 Å². The van der Waals surface area contributed by atoms with E-state index in [-0.39, 0.29) is 11.9 Å². The Balaban J connectivity index is 2.22. The number of hydrogen-bond acceptors (Lipinski definition) is 4. The first-order valence-corrected chi connectivity index (χ1v) is 10.2. The third kappa shape index (κ3) is 4.07. The molecule has 5 heteroatoms. The summed E-state index contributed by atoms with van der Waals surface area (Å²) in [6.45, 7) is 2.78. The molecule has 0 saturated carbocycles. The largest absolute Gasteiger partial charge is 0.427 e. The van der Waals surface area contributed by atoms with Gasteiger partial charge < -0.3 is 4.74 Å². The lowest BCUT2D eigenvalue weighted by Crippen LogP contribution is -2.34. The van der Waals surface area contributed by atoms with Gasteiger partial charge in [-0.3, -0.25) is 9.32 Å². The van der Waals surface area contributed by atoms with Gasteiger partial charge in [0.15, 0.2) is 0 Å². The van der Waals surface area contributed by atoms with Crippen molar-refractivity contribution in [1.29, 1.82) is 0 Å². The number of ether oxygens (including phenoxy) is 1. The molecule has 0 fully saturated rings. The van der Waals surface area contributed by atoms with Crippen molar-refractivity contribution < 1.29 is 18.8 Å². The van der Waals surface area contributed by atoms with Gasteiger partial charge in [-0.1, -0.05) is 36.4 Å². The fourth-order valence-corrected chi connectivity index (χ4v) is 6.31. The molecule has 0 amide bonds. The zero-order valence-electron chi connectivity index (χ0n) is 15.2. The number of esters is 1. The standard InChI is InChI=1S/C22H20O4P/c1-17(23)25-19-13-15-22(16-14-19)27(26-18(2)24,20-9-5-3-6-10-20)21-11-7-4-8-12-21/h3-16H,1-2H3/q+1. The van der Waals surface area contributed by atoms with Crippen molar-refractivity contribution in [3.63, 3.8) is 0 Å². The molecule has 3 aromatic carbocycles. The molecule has 0 atom stereocenters. The molecule has 0 aliphatic rings. The molecule has 0 spiro atoms. The van der Waals surface area contributed by atoms with Crippen LogP contribution in [0.15, 0.2) is 84.9 Å². The first-order chi connectivity index (χ1) is 13.0. The highest BCUT2D eigenvalue weighted by atomic mass is 31.2. The Labute approximate surface area is 159 Å². The third-order valence-electron chi connectivity index (χ3n) is 3.97. The Bertz CT molecular complexity index is 882. The van der Waals surface area contributed by atoms with Crippen molar-refractivity contribution in [3.05, 3.63) is 84.9 Å². The van der Waals surface area contributed by atoms with Crippen LogP contribution in [0.1, 0.15) is 13.8 Å². The maximum Gasteiger partial charge on any atom is 0.348 e. The van der Waals surface area contributed by atoms with Crippen LogP contribution in [0.25, 0.3) is 0 Å². The minimum absolute atomic E-state index is 0.347. The van der Waals surface area contributed by atoms with Crippen LogP contribution in [0.2, 0.25) is 0 Å². The predicted molar refractivity (Wildman–Crippen MR) is 108 cm³/mol. The summed E-state index contributed by atoms with van der Waals surface area (Å²) in [7, 11) is -2.65. The Morgan fingerprint density at radius 3 is 1.48 bits per heavy atom. The molecular formula is C22H20O4P+. The Morgan fingerprint density at radius 1 is 0.630 bits per heavy atom. The zero-order valence-corrected chi connectivity index (χ0v) is 16.1. The SMILES string of the molecule is CC(=O)Oc1ccc([P+](OC(C)=O)(c2ccccc2)c2ccccc2)cc1. The molecule has 0 radical (unpaired) electrons. The molecule has 4 nitrogen and oxygen atoms in total. The van der Waals surface area contributed by atoms with Crippen LogP contribution in [0, 0.1) is 0 Å². The minimum atomic E-state index is -2.65. The zero-order chi connectivity index (χ0) is 19.3. The molecular weight excluding hydrogens is 359 g/mol. The van der Waals surface area contributed by atoms with Gasteiger partial charge in [0.25, 0.3) is 7.49 Å². The molecule has 27 heavy (non-hydrogen) atoms. The summed E-state index contributed by atoms with van der Waals surface area (Å²) >= 11 is 0. The smallest absolute Gasteiger partial charge is 0.348 e. The molecule has 0 saturated heterocycles. The quantitative estimate of drug-likeness (QED) is 0.387. The van der Waals surface area contributed by atoms with E-state index >= 15 is 0 Å². The van der Waals surface area contributed by atoms with Crippen molar-refractivity contribution in [2.24, 2.45) is 0 Å². The Kier molecular flexibility index (Phi) is 5.68. The monoisotopic (exact) mass is 379 g/mol. The van der Waals surface area contributed by atoms with Gasteiger partial charge in [0, 0.05) is 13.8 Å². The molecule has 0 aliphatic heterocycles. The Hall–Kier alpha value is -2.97. The average Bonchev–Trinajstić information content (AvgIpc) is 2.67. The number of rotatable bonds is 5. The second-order valence-corrected chi connectivity index (χ2v) is 8.90. The van der Waals surface area contributed by atoms with Gasteiger partial charge in [0.2, 0.25) is 0 Å². The Morgan fingerprint density at radius 2 is 1.07 bits per heavy atom. The molecule has 0 unspecified atom stereocenters. The fourth-order valence-electron chi connectivity index (χ4n) is 2.96. The summed E-state index contributed by atoms with van der Waals surface area (Å²) in [6.07, 6.45) is 0. The molecule has 3 aromatic rings. The molecule has 3 rings (SSSR count). The van der Waals surface area contributed by atoms with E-state index < -0.39 is 7.49 Å². The van der Waals surface area contributed by atoms with E-state index in [1.807, 2.05) is 72.8 Å². The van der Waals surface area contributed by atoms with E-state index in [1.165, 1.54) is 13.8 Å². The van der Waals surface area contributed by atoms with Crippen LogP contribution in [0.5, 0.6) is 5.75 Å². The van der Waals surface area contributed by atoms with Gasteiger partial charge >= 0.3 is 11.9 Å². The summed E-state index contributed by atoms with van der Waals surface area (Å²) in [6, 6.07) is 26.7. The van der Waals surface area contributed by atoms with E-state index in [0.717, 1.165) is 15.9 Å². The summed E-state index contributed by atoms with van der Waals surface area (Å²) < 4.78 is 11.2. The van der Waals surface area contributed by atoms with Crippen LogP contribution in [-0.4, -0.2) is 11.9 Å². The van der Waals surface area contributed by atoms with E-state index in [2.05, 4.69) is 0 Å². The third-order valence-corrected chi connectivity index (χ3v) is 7.57.